The van der Waals surface area contributed by atoms with Gasteiger partial charge in [0.05, 0.1) is 19.8 Å². The zero-order valence-corrected chi connectivity index (χ0v) is 10.9. The maximum Gasteiger partial charge on any atom is 0.144 e. The van der Waals surface area contributed by atoms with Crippen molar-refractivity contribution in [2.75, 3.05) is 33.4 Å². The summed E-state index contributed by atoms with van der Waals surface area (Å²) in [5, 5.41) is 9.42. The Morgan fingerprint density at radius 1 is 1.41 bits per heavy atom. The summed E-state index contributed by atoms with van der Waals surface area (Å²) in [4.78, 5) is 10.5. The number of ether oxygens (including phenoxy) is 1. The molecule has 0 aliphatic heterocycles. The fraction of sp³-hybridized carbons (Fsp3) is 0.636. The van der Waals surface area contributed by atoms with E-state index in [1.807, 2.05) is 11.8 Å². The molecule has 0 amide bonds. The summed E-state index contributed by atoms with van der Waals surface area (Å²) in [5.41, 5.74) is 0.843. The number of aliphatic hydroxyl groups is 1. The molecule has 1 N–H and O–H groups in total. The number of nitrogens with zero attached hydrogens (tertiary/aromatic N) is 3. The summed E-state index contributed by atoms with van der Waals surface area (Å²) in [5.74, 6) is 0.666. The zero-order valence-electron chi connectivity index (χ0n) is 10.2. The normalized spacial score (nSPS) is 11.1. The molecule has 1 heterocycles. The highest BCUT2D eigenvalue weighted by atomic mass is 35.5. The lowest BCUT2D eigenvalue weighted by Crippen LogP contribution is -2.30. The standard InChI is InChI=1S/C11H18ClN3O2/c1-9-7-10(12)14-11(13-9)8-15(3-5-16)4-6-17-2/h7,16H,3-6,8H2,1-2H3. The van der Waals surface area contributed by atoms with E-state index < -0.39 is 0 Å². The molecule has 0 unspecified atom stereocenters. The molecule has 0 aliphatic carbocycles. The molecule has 1 aromatic heterocycles. The predicted molar refractivity (Wildman–Crippen MR) is 66.0 cm³/mol. The zero-order chi connectivity index (χ0) is 12.7. The molecule has 0 saturated carbocycles. The van der Waals surface area contributed by atoms with Crippen molar-refractivity contribution in [3.63, 3.8) is 0 Å². The molecule has 17 heavy (non-hydrogen) atoms. The van der Waals surface area contributed by atoms with Gasteiger partial charge in [-0.15, -0.1) is 0 Å². The van der Waals surface area contributed by atoms with Gasteiger partial charge in [0.25, 0.3) is 0 Å². The predicted octanol–water partition coefficient (Wildman–Crippen LogP) is 0.879. The van der Waals surface area contributed by atoms with Crippen LogP contribution in [0.4, 0.5) is 0 Å². The number of hydrogen-bond donors (Lipinski definition) is 1. The van der Waals surface area contributed by atoms with Gasteiger partial charge in [-0.05, 0) is 13.0 Å². The van der Waals surface area contributed by atoms with Gasteiger partial charge in [0, 0.05) is 25.9 Å². The second-order valence-electron chi connectivity index (χ2n) is 3.74. The summed E-state index contributed by atoms with van der Waals surface area (Å²) in [6.45, 7) is 4.45. The second kappa shape index (κ2) is 7.55. The van der Waals surface area contributed by atoms with Crippen molar-refractivity contribution in [3.8, 4) is 0 Å². The lowest BCUT2D eigenvalue weighted by Gasteiger charge is -2.19. The largest absolute Gasteiger partial charge is 0.395 e. The highest BCUT2D eigenvalue weighted by Crippen LogP contribution is 2.08. The van der Waals surface area contributed by atoms with Gasteiger partial charge in [-0.25, -0.2) is 9.97 Å². The van der Waals surface area contributed by atoms with Gasteiger partial charge in [-0.2, -0.15) is 0 Å². The Kier molecular flexibility index (Phi) is 6.36. The van der Waals surface area contributed by atoms with E-state index in [4.69, 9.17) is 21.4 Å². The number of aliphatic hydroxyl groups excluding tert-OH is 1. The Morgan fingerprint density at radius 3 is 2.76 bits per heavy atom. The van der Waals surface area contributed by atoms with E-state index in [-0.39, 0.29) is 6.61 Å². The minimum Gasteiger partial charge on any atom is -0.395 e. The Hall–Kier alpha value is -0.750. The minimum absolute atomic E-state index is 0.100. The van der Waals surface area contributed by atoms with E-state index in [0.29, 0.717) is 30.7 Å². The van der Waals surface area contributed by atoms with Crippen molar-refractivity contribution in [2.24, 2.45) is 0 Å². The fourth-order valence-corrected chi connectivity index (χ4v) is 1.75. The van der Waals surface area contributed by atoms with Gasteiger partial charge in [0.2, 0.25) is 0 Å². The van der Waals surface area contributed by atoms with Crippen molar-refractivity contribution in [2.45, 2.75) is 13.5 Å². The van der Waals surface area contributed by atoms with Gasteiger partial charge in [0.1, 0.15) is 11.0 Å². The van der Waals surface area contributed by atoms with E-state index in [9.17, 15) is 0 Å². The first-order valence-corrected chi connectivity index (χ1v) is 5.85. The van der Waals surface area contributed by atoms with E-state index in [2.05, 4.69) is 9.97 Å². The molecular weight excluding hydrogens is 242 g/mol. The molecule has 1 rings (SSSR count). The van der Waals surface area contributed by atoms with Gasteiger partial charge in [0.15, 0.2) is 0 Å². The molecule has 0 aromatic carbocycles. The number of rotatable bonds is 7. The average Bonchev–Trinajstić information content (AvgIpc) is 2.24. The molecule has 1 aromatic rings. The molecular formula is C11H18ClN3O2. The Morgan fingerprint density at radius 2 is 2.18 bits per heavy atom. The van der Waals surface area contributed by atoms with Crippen molar-refractivity contribution in [1.82, 2.24) is 14.9 Å². The maximum absolute atomic E-state index is 8.97. The van der Waals surface area contributed by atoms with Crippen molar-refractivity contribution in [1.29, 1.82) is 0 Å². The smallest absolute Gasteiger partial charge is 0.144 e. The van der Waals surface area contributed by atoms with Gasteiger partial charge in [-0.3, -0.25) is 4.90 Å². The van der Waals surface area contributed by atoms with Gasteiger partial charge in [-0.1, -0.05) is 11.6 Å². The third-order valence-electron chi connectivity index (χ3n) is 2.26. The van der Waals surface area contributed by atoms with Crippen LogP contribution in [-0.4, -0.2) is 53.4 Å². The number of methoxy groups -OCH3 is 1. The van der Waals surface area contributed by atoms with Crippen LogP contribution in [0.25, 0.3) is 0 Å². The summed E-state index contributed by atoms with van der Waals surface area (Å²) >= 11 is 5.87. The molecule has 0 radical (unpaired) electrons. The Labute approximate surface area is 106 Å². The number of halogens is 1. The number of aromatic nitrogens is 2. The number of hydrogen-bond acceptors (Lipinski definition) is 5. The SMILES string of the molecule is COCCN(CCO)Cc1nc(C)cc(Cl)n1. The highest BCUT2D eigenvalue weighted by molar-refractivity contribution is 6.29. The van der Waals surface area contributed by atoms with Crippen LogP contribution in [0.5, 0.6) is 0 Å². The lowest BCUT2D eigenvalue weighted by molar-refractivity contribution is 0.125. The van der Waals surface area contributed by atoms with E-state index in [1.165, 1.54) is 0 Å². The lowest BCUT2D eigenvalue weighted by atomic mass is 10.4. The third kappa shape index (κ3) is 5.41. The van der Waals surface area contributed by atoms with Crippen LogP contribution < -0.4 is 0 Å². The van der Waals surface area contributed by atoms with E-state index in [1.54, 1.807) is 13.2 Å². The van der Waals surface area contributed by atoms with E-state index >= 15 is 0 Å². The minimum atomic E-state index is 0.100. The number of aryl methyl sites for hydroxylation is 1. The first kappa shape index (κ1) is 14.3. The maximum atomic E-state index is 8.97. The Bertz CT molecular complexity index is 329. The molecule has 96 valence electrons. The van der Waals surface area contributed by atoms with Crippen molar-refractivity contribution in [3.05, 3.63) is 22.7 Å². The third-order valence-corrected chi connectivity index (χ3v) is 2.46. The molecule has 0 spiro atoms. The van der Waals surface area contributed by atoms with Crippen LogP contribution in [0.1, 0.15) is 11.5 Å². The summed E-state index contributed by atoms with van der Waals surface area (Å²) in [6.07, 6.45) is 0. The summed E-state index contributed by atoms with van der Waals surface area (Å²) < 4.78 is 5.01. The second-order valence-corrected chi connectivity index (χ2v) is 4.13. The van der Waals surface area contributed by atoms with Crippen LogP contribution in [0.3, 0.4) is 0 Å². The fourth-order valence-electron chi connectivity index (χ4n) is 1.49. The topological polar surface area (TPSA) is 58.5 Å². The monoisotopic (exact) mass is 259 g/mol. The summed E-state index contributed by atoms with van der Waals surface area (Å²) in [7, 11) is 1.65. The van der Waals surface area contributed by atoms with Crippen LogP contribution in [0, 0.1) is 6.92 Å². The molecule has 5 nitrogen and oxygen atoms in total. The van der Waals surface area contributed by atoms with Crippen molar-refractivity contribution >= 4 is 11.6 Å². The van der Waals surface area contributed by atoms with Crippen LogP contribution in [0.15, 0.2) is 6.07 Å². The first-order chi connectivity index (χ1) is 8.15. The van der Waals surface area contributed by atoms with Crippen LogP contribution >= 0.6 is 11.6 Å². The molecule has 0 bridgehead atoms. The molecule has 0 aliphatic rings. The van der Waals surface area contributed by atoms with Gasteiger partial charge >= 0.3 is 0 Å². The van der Waals surface area contributed by atoms with Crippen LogP contribution in [-0.2, 0) is 11.3 Å². The Balaban J connectivity index is 2.63. The molecule has 0 fully saturated rings. The molecule has 0 atom stereocenters. The molecule has 0 saturated heterocycles. The molecule has 6 heteroatoms. The van der Waals surface area contributed by atoms with E-state index in [0.717, 1.165) is 12.2 Å². The van der Waals surface area contributed by atoms with Gasteiger partial charge < -0.3 is 9.84 Å². The highest BCUT2D eigenvalue weighted by Gasteiger charge is 2.08. The van der Waals surface area contributed by atoms with Crippen molar-refractivity contribution < 1.29 is 9.84 Å². The average molecular weight is 260 g/mol. The summed E-state index contributed by atoms with van der Waals surface area (Å²) in [6, 6.07) is 1.72. The quantitative estimate of drug-likeness (QED) is 0.737. The first-order valence-electron chi connectivity index (χ1n) is 5.48. The van der Waals surface area contributed by atoms with Crippen LogP contribution in [0.2, 0.25) is 5.15 Å².